The Morgan fingerprint density at radius 2 is 2.19 bits per heavy atom. The number of carboxylic acids is 1. The lowest BCUT2D eigenvalue weighted by Crippen LogP contribution is -2.46. The van der Waals surface area contributed by atoms with Crippen molar-refractivity contribution in [2.75, 3.05) is 7.11 Å². The van der Waals surface area contributed by atoms with Crippen molar-refractivity contribution in [3.05, 3.63) is 17.5 Å². The lowest BCUT2D eigenvalue weighted by atomic mass is 10.1. The second-order valence-corrected chi connectivity index (χ2v) is 4.35. The number of rotatable bonds is 7. The molecule has 2 amide bonds. The molecule has 0 bridgehead atoms. The number of H-pyrrole nitrogens is 1. The second kappa shape index (κ2) is 7.88. The highest BCUT2D eigenvalue weighted by Gasteiger charge is 2.21. The topological polar surface area (TPSA) is 133 Å². The van der Waals surface area contributed by atoms with E-state index in [9.17, 15) is 14.4 Å². The molecule has 0 fully saturated rings. The van der Waals surface area contributed by atoms with Gasteiger partial charge in [-0.25, -0.2) is 9.59 Å². The van der Waals surface area contributed by atoms with Crippen molar-refractivity contribution < 1.29 is 24.2 Å². The van der Waals surface area contributed by atoms with Crippen LogP contribution in [0.5, 0.6) is 0 Å². The summed E-state index contributed by atoms with van der Waals surface area (Å²) >= 11 is 0. The zero-order chi connectivity index (χ0) is 15.8. The largest absolute Gasteiger partial charge is 0.480 e. The van der Waals surface area contributed by atoms with Crippen molar-refractivity contribution in [3.63, 3.8) is 0 Å². The van der Waals surface area contributed by atoms with Gasteiger partial charge in [-0.1, -0.05) is 0 Å². The van der Waals surface area contributed by atoms with E-state index in [1.807, 2.05) is 0 Å². The number of amides is 2. The SMILES string of the molecule is COC(=O)CC[C@H](NC(=O)NCc1cn[nH]c1C)C(=O)O. The first kappa shape index (κ1) is 16.5. The van der Waals surface area contributed by atoms with Crippen LogP contribution in [0, 0.1) is 6.92 Å². The maximum absolute atomic E-state index is 11.6. The number of ether oxygens (including phenoxy) is 1. The third kappa shape index (κ3) is 5.51. The van der Waals surface area contributed by atoms with Crippen molar-refractivity contribution in [2.45, 2.75) is 32.4 Å². The molecule has 4 N–H and O–H groups in total. The molecule has 1 aromatic rings. The molecule has 0 aromatic carbocycles. The zero-order valence-electron chi connectivity index (χ0n) is 11.8. The lowest BCUT2D eigenvalue weighted by Gasteiger charge is -2.14. The number of aliphatic carboxylic acids is 1. The molecule has 9 heteroatoms. The van der Waals surface area contributed by atoms with Crippen LogP contribution in [0.4, 0.5) is 4.79 Å². The first-order chi connectivity index (χ1) is 9.93. The number of aryl methyl sites for hydroxylation is 1. The number of aromatic nitrogens is 2. The second-order valence-electron chi connectivity index (χ2n) is 4.35. The molecule has 0 aliphatic carbocycles. The van der Waals surface area contributed by atoms with Crippen LogP contribution >= 0.6 is 0 Å². The number of esters is 1. The van der Waals surface area contributed by atoms with Gasteiger partial charge >= 0.3 is 18.0 Å². The van der Waals surface area contributed by atoms with E-state index in [4.69, 9.17) is 5.11 Å². The minimum Gasteiger partial charge on any atom is -0.480 e. The summed E-state index contributed by atoms with van der Waals surface area (Å²) in [5.41, 5.74) is 1.61. The van der Waals surface area contributed by atoms with E-state index in [0.29, 0.717) is 0 Å². The number of aromatic amines is 1. The van der Waals surface area contributed by atoms with Crippen LogP contribution in [0.15, 0.2) is 6.20 Å². The minimum absolute atomic E-state index is 0.0415. The number of carboxylic acid groups (broad SMARTS) is 1. The molecule has 0 aliphatic rings. The summed E-state index contributed by atoms with van der Waals surface area (Å²) in [6, 6.07) is -1.79. The number of carbonyl (C=O) groups excluding carboxylic acids is 2. The van der Waals surface area contributed by atoms with Gasteiger partial charge in [-0.15, -0.1) is 0 Å². The van der Waals surface area contributed by atoms with E-state index in [1.54, 1.807) is 13.1 Å². The fraction of sp³-hybridized carbons (Fsp3) is 0.500. The maximum Gasteiger partial charge on any atom is 0.326 e. The molecule has 21 heavy (non-hydrogen) atoms. The van der Waals surface area contributed by atoms with Crippen LogP contribution in [0.1, 0.15) is 24.1 Å². The Balaban J connectivity index is 2.43. The average molecular weight is 298 g/mol. The monoisotopic (exact) mass is 298 g/mol. The number of methoxy groups -OCH3 is 1. The Labute approximate surface area is 121 Å². The van der Waals surface area contributed by atoms with Crippen molar-refractivity contribution in [3.8, 4) is 0 Å². The molecule has 9 nitrogen and oxygen atoms in total. The smallest absolute Gasteiger partial charge is 0.326 e. The maximum atomic E-state index is 11.6. The third-order valence-electron chi connectivity index (χ3n) is 2.84. The molecule has 0 saturated heterocycles. The summed E-state index contributed by atoms with van der Waals surface area (Å²) in [5.74, 6) is -1.74. The first-order valence-electron chi connectivity index (χ1n) is 6.27. The molecule has 1 heterocycles. The van der Waals surface area contributed by atoms with Crippen LogP contribution < -0.4 is 10.6 Å². The van der Waals surface area contributed by atoms with Crippen molar-refractivity contribution >= 4 is 18.0 Å². The van der Waals surface area contributed by atoms with E-state index in [-0.39, 0.29) is 19.4 Å². The van der Waals surface area contributed by atoms with Crippen LogP contribution in [0.3, 0.4) is 0 Å². The zero-order valence-corrected chi connectivity index (χ0v) is 11.8. The molecule has 0 saturated carbocycles. The summed E-state index contributed by atoms with van der Waals surface area (Å²) in [6.07, 6.45) is 1.44. The molecule has 1 aromatic heterocycles. The molecule has 1 rings (SSSR count). The Bertz CT molecular complexity index is 514. The van der Waals surface area contributed by atoms with Gasteiger partial charge in [-0.2, -0.15) is 5.10 Å². The third-order valence-corrected chi connectivity index (χ3v) is 2.84. The van der Waals surface area contributed by atoms with Crippen molar-refractivity contribution in [2.24, 2.45) is 0 Å². The van der Waals surface area contributed by atoms with E-state index in [0.717, 1.165) is 11.3 Å². The summed E-state index contributed by atoms with van der Waals surface area (Å²) in [4.78, 5) is 33.6. The number of hydrogen-bond acceptors (Lipinski definition) is 5. The Morgan fingerprint density at radius 3 is 2.71 bits per heavy atom. The van der Waals surface area contributed by atoms with E-state index >= 15 is 0 Å². The van der Waals surface area contributed by atoms with E-state index in [1.165, 1.54) is 7.11 Å². The van der Waals surface area contributed by atoms with Crippen molar-refractivity contribution in [1.82, 2.24) is 20.8 Å². The summed E-state index contributed by atoms with van der Waals surface area (Å²) < 4.78 is 4.42. The van der Waals surface area contributed by atoms with Gasteiger partial charge in [0.15, 0.2) is 0 Å². The Morgan fingerprint density at radius 1 is 1.48 bits per heavy atom. The fourth-order valence-corrected chi connectivity index (χ4v) is 1.56. The molecule has 116 valence electrons. The standard InChI is InChI=1S/C12H18N4O5/c1-7-8(6-14-16-7)5-13-12(20)15-9(11(18)19)3-4-10(17)21-2/h6,9H,3-5H2,1-2H3,(H,14,16)(H,18,19)(H2,13,15,20)/t9-/m0/s1. The predicted molar refractivity (Wildman–Crippen MR) is 71.4 cm³/mol. The number of nitrogens with one attached hydrogen (secondary N) is 3. The number of carbonyl (C=O) groups is 3. The number of hydrogen-bond donors (Lipinski definition) is 4. The highest BCUT2D eigenvalue weighted by molar-refractivity contribution is 5.83. The lowest BCUT2D eigenvalue weighted by molar-refractivity contribution is -0.142. The molecular weight excluding hydrogens is 280 g/mol. The van der Waals surface area contributed by atoms with E-state index in [2.05, 4.69) is 25.6 Å². The molecule has 0 aliphatic heterocycles. The normalized spacial score (nSPS) is 11.5. The van der Waals surface area contributed by atoms with Gasteiger partial charge in [0.2, 0.25) is 0 Å². The molecule has 1 atom stereocenters. The molecule has 0 radical (unpaired) electrons. The summed E-state index contributed by atoms with van der Waals surface area (Å²) in [5, 5.41) is 20.3. The van der Waals surface area contributed by atoms with Crippen LogP contribution in [0.2, 0.25) is 0 Å². The van der Waals surface area contributed by atoms with E-state index < -0.39 is 24.0 Å². The molecular formula is C12H18N4O5. The number of nitrogens with zero attached hydrogens (tertiary/aromatic N) is 1. The predicted octanol–water partition coefficient (Wildman–Crippen LogP) is -0.0763. The number of urea groups is 1. The van der Waals surface area contributed by atoms with Gasteiger partial charge in [-0.05, 0) is 13.3 Å². The first-order valence-corrected chi connectivity index (χ1v) is 6.27. The van der Waals surface area contributed by atoms with Gasteiger partial charge in [-0.3, -0.25) is 9.89 Å². The Hall–Kier alpha value is -2.58. The van der Waals surface area contributed by atoms with Crippen LogP contribution in [-0.4, -0.2) is 46.4 Å². The Kier molecular flexibility index (Phi) is 6.18. The fourth-order valence-electron chi connectivity index (χ4n) is 1.56. The molecule has 0 unspecified atom stereocenters. The van der Waals surface area contributed by atoms with Gasteiger partial charge in [0.1, 0.15) is 6.04 Å². The van der Waals surface area contributed by atoms with Gasteiger partial charge in [0.25, 0.3) is 0 Å². The molecule has 0 spiro atoms. The highest BCUT2D eigenvalue weighted by atomic mass is 16.5. The summed E-state index contributed by atoms with van der Waals surface area (Å²) in [7, 11) is 1.21. The summed E-state index contributed by atoms with van der Waals surface area (Å²) in [6.45, 7) is 2.02. The van der Waals surface area contributed by atoms with Gasteiger partial charge in [0, 0.05) is 24.2 Å². The minimum atomic E-state index is -1.21. The van der Waals surface area contributed by atoms with Crippen LogP contribution in [-0.2, 0) is 20.9 Å². The van der Waals surface area contributed by atoms with Crippen LogP contribution in [0.25, 0.3) is 0 Å². The van der Waals surface area contributed by atoms with Crippen molar-refractivity contribution in [1.29, 1.82) is 0 Å². The quantitative estimate of drug-likeness (QED) is 0.520. The average Bonchev–Trinajstić information content (AvgIpc) is 2.85. The van der Waals surface area contributed by atoms with Gasteiger partial charge in [0.05, 0.1) is 13.3 Å². The van der Waals surface area contributed by atoms with Gasteiger partial charge < -0.3 is 20.5 Å². The highest BCUT2D eigenvalue weighted by Crippen LogP contribution is 2.02.